The van der Waals surface area contributed by atoms with Crippen LogP contribution in [0.1, 0.15) is 4.79 Å². The summed E-state index contributed by atoms with van der Waals surface area (Å²) in [6.07, 6.45) is 0. The fourth-order valence-corrected chi connectivity index (χ4v) is 4.12. The molecule has 1 N–H and O–H groups in total. The molecule has 126 valence electrons. The van der Waals surface area contributed by atoms with Crippen molar-refractivity contribution in [1.29, 1.82) is 0 Å². The first-order valence-electron chi connectivity index (χ1n) is 8.40. The molecule has 3 aromatic carbocycles. The van der Waals surface area contributed by atoms with Gasteiger partial charge >= 0.3 is 0 Å². The molecule has 0 aliphatic heterocycles. The molecule has 0 fully saturated rings. The fraction of sp³-hybridized carbons (Fsp3) is 0.0476. The van der Waals surface area contributed by atoms with Gasteiger partial charge in [0.15, 0.2) is 5.16 Å². The number of aromatic nitrogens is 3. The molecule has 0 bridgehead atoms. The number of para-hydroxylation sites is 4. The molecule has 5 aromatic rings. The molecular formula is C21H15N3OS. The van der Waals surface area contributed by atoms with Crippen molar-refractivity contribution in [2.75, 3.05) is 5.75 Å². The highest BCUT2D eigenvalue weighted by Crippen LogP contribution is 2.29. The zero-order chi connectivity index (χ0) is 17.5. The lowest BCUT2D eigenvalue weighted by atomic mass is 10.2. The van der Waals surface area contributed by atoms with Gasteiger partial charge < -0.3 is 4.98 Å². The highest BCUT2D eigenvalue weighted by Gasteiger charge is 2.16. The number of carbonyl (C=O) groups excluding carboxylic acids is 1. The summed E-state index contributed by atoms with van der Waals surface area (Å²) in [5.74, 6) is 0.371. The van der Waals surface area contributed by atoms with Crippen LogP contribution in [0, 0.1) is 0 Å². The van der Waals surface area contributed by atoms with Gasteiger partial charge in [-0.2, -0.15) is 0 Å². The van der Waals surface area contributed by atoms with E-state index in [2.05, 4.69) is 22.1 Å². The number of thioether (sulfide) groups is 1. The third-order valence-corrected chi connectivity index (χ3v) is 5.39. The zero-order valence-electron chi connectivity index (χ0n) is 13.8. The van der Waals surface area contributed by atoms with E-state index in [0.29, 0.717) is 5.75 Å². The maximum atomic E-state index is 13.0. The maximum Gasteiger partial charge on any atom is 0.242 e. The number of benzene rings is 3. The van der Waals surface area contributed by atoms with Crippen molar-refractivity contribution in [3.63, 3.8) is 0 Å². The second-order valence-corrected chi connectivity index (χ2v) is 7.08. The molecule has 5 rings (SSSR count). The van der Waals surface area contributed by atoms with Crippen molar-refractivity contribution >= 4 is 50.5 Å². The maximum absolute atomic E-state index is 13.0. The Morgan fingerprint density at radius 2 is 1.50 bits per heavy atom. The van der Waals surface area contributed by atoms with E-state index in [9.17, 15) is 4.79 Å². The van der Waals surface area contributed by atoms with Crippen LogP contribution < -0.4 is 0 Å². The molecule has 0 atom stereocenters. The summed E-state index contributed by atoms with van der Waals surface area (Å²) >= 11 is 1.43. The van der Waals surface area contributed by atoms with Crippen LogP contribution in [-0.2, 0) is 0 Å². The Labute approximate surface area is 153 Å². The average Bonchev–Trinajstić information content (AvgIpc) is 3.25. The van der Waals surface area contributed by atoms with E-state index in [-0.39, 0.29) is 5.91 Å². The quantitative estimate of drug-likeness (QED) is 0.457. The largest absolute Gasteiger partial charge is 0.333 e. The molecule has 0 unspecified atom stereocenters. The van der Waals surface area contributed by atoms with Crippen LogP contribution in [0.2, 0.25) is 0 Å². The van der Waals surface area contributed by atoms with Crippen molar-refractivity contribution in [1.82, 2.24) is 14.5 Å². The SMILES string of the molecule is O=C(CSc1nc2ccccc2[nH]1)n1c2ccccc2c2ccccc21. The van der Waals surface area contributed by atoms with Gasteiger partial charge in [0.25, 0.3) is 0 Å². The number of fused-ring (bicyclic) bond motifs is 4. The van der Waals surface area contributed by atoms with Crippen molar-refractivity contribution in [2.24, 2.45) is 0 Å². The minimum Gasteiger partial charge on any atom is -0.333 e. The Kier molecular flexibility index (Phi) is 3.53. The monoisotopic (exact) mass is 357 g/mol. The predicted octanol–water partition coefficient (Wildman–Crippen LogP) is 5.10. The average molecular weight is 357 g/mol. The van der Waals surface area contributed by atoms with Crippen LogP contribution >= 0.6 is 11.8 Å². The number of imidazole rings is 1. The van der Waals surface area contributed by atoms with Gasteiger partial charge in [-0.15, -0.1) is 0 Å². The van der Waals surface area contributed by atoms with Crippen molar-refractivity contribution in [2.45, 2.75) is 5.16 Å². The summed E-state index contributed by atoms with van der Waals surface area (Å²) in [6, 6.07) is 24.0. The molecule has 26 heavy (non-hydrogen) atoms. The lowest BCUT2D eigenvalue weighted by Gasteiger charge is -2.05. The van der Waals surface area contributed by atoms with E-state index in [1.807, 2.05) is 65.2 Å². The third-order valence-electron chi connectivity index (χ3n) is 4.53. The van der Waals surface area contributed by atoms with Gasteiger partial charge in [0.1, 0.15) is 0 Å². The van der Waals surface area contributed by atoms with E-state index in [1.165, 1.54) is 11.8 Å². The summed E-state index contributed by atoms with van der Waals surface area (Å²) in [5.41, 5.74) is 3.80. The number of H-pyrrole nitrogens is 1. The number of rotatable bonds is 3. The molecule has 0 spiro atoms. The molecule has 0 saturated heterocycles. The Morgan fingerprint density at radius 3 is 2.19 bits per heavy atom. The second-order valence-electron chi connectivity index (χ2n) is 6.11. The summed E-state index contributed by atoms with van der Waals surface area (Å²) in [6.45, 7) is 0. The van der Waals surface area contributed by atoms with Gasteiger partial charge in [0, 0.05) is 10.8 Å². The zero-order valence-corrected chi connectivity index (χ0v) is 14.7. The van der Waals surface area contributed by atoms with Gasteiger partial charge in [0.2, 0.25) is 5.91 Å². The first-order valence-corrected chi connectivity index (χ1v) is 9.39. The normalized spacial score (nSPS) is 11.5. The minimum absolute atomic E-state index is 0.0489. The van der Waals surface area contributed by atoms with Gasteiger partial charge in [-0.1, -0.05) is 60.3 Å². The van der Waals surface area contributed by atoms with Gasteiger partial charge in [-0.3, -0.25) is 9.36 Å². The lowest BCUT2D eigenvalue weighted by Crippen LogP contribution is -2.12. The highest BCUT2D eigenvalue weighted by molar-refractivity contribution is 7.99. The topological polar surface area (TPSA) is 50.7 Å². The van der Waals surface area contributed by atoms with Crippen LogP contribution in [-0.4, -0.2) is 26.2 Å². The summed E-state index contributed by atoms with van der Waals surface area (Å²) in [4.78, 5) is 20.8. The number of aromatic amines is 1. The number of hydrogen-bond donors (Lipinski definition) is 1. The summed E-state index contributed by atoms with van der Waals surface area (Å²) in [5, 5.41) is 2.97. The number of nitrogens with one attached hydrogen (secondary N) is 1. The van der Waals surface area contributed by atoms with Gasteiger partial charge in [-0.25, -0.2) is 4.98 Å². The molecule has 5 heteroatoms. The van der Waals surface area contributed by atoms with Crippen molar-refractivity contribution in [3.8, 4) is 0 Å². The third kappa shape index (κ3) is 2.40. The second kappa shape index (κ2) is 6.04. The molecule has 0 amide bonds. The Hall–Kier alpha value is -3.05. The van der Waals surface area contributed by atoms with E-state index in [4.69, 9.17) is 0 Å². The van der Waals surface area contributed by atoms with E-state index >= 15 is 0 Å². The number of hydrogen-bond acceptors (Lipinski definition) is 3. The van der Waals surface area contributed by atoms with Crippen LogP contribution in [0.3, 0.4) is 0 Å². The van der Waals surface area contributed by atoms with Crippen molar-refractivity contribution in [3.05, 3.63) is 72.8 Å². The highest BCUT2D eigenvalue weighted by atomic mass is 32.2. The molecule has 0 saturated carbocycles. The molecule has 4 nitrogen and oxygen atoms in total. The molecule has 0 aliphatic carbocycles. The number of carbonyl (C=O) groups is 1. The molecular weight excluding hydrogens is 342 g/mol. The van der Waals surface area contributed by atoms with Crippen LogP contribution in [0.4, 0.5) is 0 Å². The standard InChI is InChI=1S/C21H15N3OS/c25-20(13-26-21-22-16-9-3-4-10-17(16)23-21)24-18-11-5-1-7-14(18)15-8-2-6-12-19(15)24/h1-12H,13H2,(H,22,23). The summed E-state index contributed by atoms with van der Waals surface area (Å²) < 4.78 is 1.82. The Morgan fingerprint density at radius 1 is 0.885 bits per heavy atom. The lowest BCUT2D eigenvalue weighted by molar-refractivity contribution is 0.0951. The van der Waals surface area contributed by atoms with E-state index < -0.39 is 0 Å². The minimum atomic E-state index is 0.0489. The predicted molar refractivity (Wildman–Crippen MR) is 107 cm³/mol. The van der Waals surface area contributed by atoms with Crippen LogP contribution in [0.5, 0.6) is 0 Å². The first-order chi connectivity index (χ1) is 12.8. The molecule has 0 radical (unpaired) electrons. The van der Waals surface area contributed by atoms with Crippen LogP contribution in [0.25, 0.3) is 32.8 Å². The summed E-state index contributed by atoms with van der Waals surface area (Å²) in [7, 11) is 0. The molecule has 2 heterocycles. The first kappa shape index (κ1) is 15.2. The molecule has 2 aromatic heterocycles. The molecule has 0 aliphatic rings. The fourth-order valence-electron chi connectivity index (χ4n) is 3.38. The van der Waals surface area contributed by atoms with Gasteiger partial charge in [-0.05, 0) is 24.3 Å². The Bertz CT molecular complexity index is 1180. The van der Waals surface area contributed by atoms with Crippen LogP contribution in [0.15, 0.2) is 78.0 Å². The van der Waals surface area contributed by atoms with E-state index in [1.54, 1.807) is 0 Å². The van der Waals surface area contributed by atoms with Gasteiger partial charge in [0.05, 0.1) is 27.8 Å². The Balaban J connectivity index is 1.51. The number of nitrogens with zero attached hydrogens (tertiary/aromatic N) is 2. The van der Waals surface area contributed by atoms with Crippen molar-refractivity contribution < 1.29 is 4.79 Å². The van der Waals surface area contributed by atoms with E-state index in [0.717, 1.165) is 38.0 Å². The smallest absolute Gasteiger partial charge is 0.242 e.